The molecule has 0 aliphatic carbocycles. The molecule has 0 aliphatic heterocycles. The van der Waals surface area contributed by atoms with Crippen LogP contribution in [0.15, 0.2) is 0 Å². The van der Waals surface area contributed by atoms with Crippen molar-refractivity contribution in [3.8, 4) is 0 Å². The third-order valence-electron chi connectivity index (χ3n) is 3.17. The minimum Gasteiger partial charge on any atom is -0.381 e. The number of hydrogen-bond donors (Lipinski definition) is 1. The molecular formula is C15H27N3O. The lowest BCUT2D eigenvalue weighted by atomic mass is 10.1. The largest absolute Gasteiger partial charge is 0.381 e. The standard InChI is InChI=1S/C15H27N3O/c1-5-16-10-7-8-14-12(3)17-15(18-13(14)4)9-11-19-6-2/h16H,5-11H2,1-4H3. The summed E-state index contributed by atoms with van der Waals surface area (Å²) in [5.74, 6) is 0.902. The van der Waals surface area contributed by atoms with E-state index in [4.69, 9.17) is 4.74 Å². The molecule has 1 rings (SSSR count). The maximum Gasteiger partial charge on any atom is 0.131 e. The maximum absolute atomic E-state index is 5.35. The monoisotopic (exact) mass is 265 g/mol. The summed E-state index contributed by atoms with van der Waals surface area (Å²) < 4.78 is 5.35. The fourth-order valence-corrected chi connectivity index (χ4v) is 2.16. The molecule has 4 nitrogen and oxygen atoms in total. The van der Waals surface area contributed by atoms with Gasteiger partial charge in [0.25, 0.3) is 0 Å². The van der Waals surface area contributed by atoms with Gasteiger partial charge in [-0.25, -0.2) is 9.97 Å². The van der Waals surface area contributed by atoms with Crippen molar-refractivity contribution in [1.82, 2.24) is 15.3 Å². The van der Waals surface area contributed by atoms with E-state index < -0.39 is 0 Å². The van der Waals surface area contributed by atoms with E-state index in [1.165, 1.54) is 5.56 Å². The number of ether oxygens (including phenoxy) is 1. The summed E-state index contributed by atoms with van der Waals surface area (Å²) in [5.41, 5.74) is 3.55. The highest BCUT2D eigenvalue weighted by atomic mass is 16.5. The minimum atomic E-state index is 0.704. The van der Waals surface area contributed by atoms with Gasteiger partial charge in [-0.15, -0.1) is 0 Å². The van der Waals surface area contributed by atoms with Gasteiger partial charge in [0.1, 0.15) is 5.82 Å². The first-order chi connectivity index (χ1) is 9.19. The number of nitrogens with one attached hydrogen (secondary N) is 1. The van der Waals surface area contributed by atoms with Crippen LogP contribution < -0.4 is 5.32 Å². The second-order valence-electron chi connectivity index (χ2n) is 4.69. The minimum absolute atomic E-state index is 0.704. The zero-order chi connectivity index (χ0) is 14.1. The van der Waals surface area contributed by atoms with Crippen molar-refractivity contribution in [3.63, 3.8) is 0 Å². The molecule has 0 saturated carbocycles. The molecule has 0 amide bonds. The smallest absolute Gasteiger partial charge is 0.131 e. The lowest BCUT2D eigenvalue weighted by molar-refractivity contribution is 0.149. The van der Waals surface area contributed by atoms with Crippen LogP contribution >= 0.6 is 0 Å². The molecule has 0 saturated heterocycles. The molecule has 0 fully saturated rings. The average Bonchev–Trinajstić information content (AvgIpc) is 2.37. The van der Waals surface area contributed by atoms with Crippen LogP contribution in [0.5, 0.6) is 0 Å². The molecule has 0 atom stereocenters. The molecule has 19 heavy (non-hydrogen) atoms. The van der Waals surface area contributed by atoms with Gasteiger partial charge in [0.05, 0.1) is 6.61 Å². The Morgan fingerprint density at radius 2 is 1.74 bits per heavy atom. The van der Waals surface area contributed by atoms with E-state index in [1.807, 2.05) is 6.92 Å². The molecule has 4 heteroatoms. The number of rotatable bonds is 9. The molecule has 1 aromatic heterocycles. The summed E-state index contributed by atoms with van der Waals surface area (Å²) >= 11 is 0. The zero-order valence-electron chi connectivity index (χ0n) is 12.8. The fraction of sp³-hybridized carbons (Fsp3) is 0.733. The van der Waals surface area contributed by atoms with Gasteiger partial charge in [0, 0.05) is 24.4 Å². The van der Waals surface area contributed by atoms with Crippen molar-refractivity contribution < 1.29 is 4.74 Å². The summed E-state index contributed by atoms with van der Waals surface area (Å²) in [6, 6.07) is 0. The third-order valence-corrected chi connectivity index (χ3v) is 3.17. The molecule has 1 N–H and O–H groups in total. The predicted octanol–water partition coefficient (Wildman–Crippen LogP) is 2.21. The van der Waals surface area contributed by atoms with E-state index in [9.17, 15) is 0 Å². The van der Waals surface area contributed by atoms with Crippen LogP contribution in [-0.2, 0) is 17.6 Å². The molecule has 1 heterocycles. The molecule has 0 spiro atoms. The molecule has 0 radical (unpaired) electrons. The van der Waals surface area contributed by atoms with Crippen molar-refractivity contribution >= 4 is 0 Å². The Morgan fingerprint density at radius 3 is 2.32 bits per heavy atom. The first-order valence-corrected chi connectivity index (χ1v) is 7.30. The van der Waals surface area contributed by atoms with E-state index >= 15 is 0 Å². The summed E-state index contributed by atoms with van der Waals surface area (Å²) in [6.07, 6.45) is 2.99. The third kappa shape index (κ3) is 5.66. The van der Waals surface area contributed by atoms with E-state index in [1.54, 1.807) is 0 Å². The molecule has 1 aromatic rings. The Labute approximate surface area is 117 Å². The first kappa shape index (κ1) is 16.1. The highest BCUT2D eigenvalue weighted by molar-refractivity contribution is 5.24. The highest BCUT2D eigenvalue weighted by Crippen LogP contribution is 2.12. The van der Waals surface area contributed by atoms with Crippen molar-refractivity contribution in [3.05, 3.63) is 22.8 Å². The van der Waals surface area contributed by atoms with E-state index in [2.05, 4.69) is 36.1 Å². The molecule has 0 aromatic carbocycles. The number of hydrogen-bond acceptors (Lipinski definition) is 4. The molecule has 0 aliphatic rings. The zero-order valence-corrected chi connectivity index (χ0v) is 12.8. The average molecular weight is 265 g/mol. The van der Waals surface area contributed by atoms with Crippen molar-refractivity contribution in [1.29, 1.82) is 0 Å². The lowest BCUT2D eigenvalue weighted by Crippen LogP contribution is -2.15. The Hall–Kier alpha value is -1.00. The Morgan fingerprint density at radius 1 is 1.05 bits per heavy atom. The summed E-state index contributed by atoms with van der Waals surface area (Å²) in [4.78, 5) is 9.19. The molecular weight excluding hydrogens is 238 g/mol. The highest BCUT2D eigenvalue weighted by Gasteiger charge is 2.08. The molecule has 0 bridgehead atoms. The molecule has 108 valence electrons. The quantitative estimate of drug-likeness (QED) is 0.695. The number of aryl methyl sites for hydroxylation is 2. The van der Waals surface area contributed by atoms with Crippen LogP contribution in [0.2, 0.25) is 0 Å². The van der Waals surface area contributed by atoms with Gasteiger partial charge in [0.15, 0.2) is 0 Å². The van der Waals surface area contributed by atoms with Gasteiger partial charge in [-0.1, -0.05) is 6.92 Å². The van der Waals surface area contributed by atoms with Gasteiger partial charge >= 0.3 is 0 Å². The fourth-order valence-electron chi connectivity index (χ4n) is 2.16. The Balaban J connectivity index is 2.58. The van der Waals surface area contributed by atoms with Crippen LogP contribution in [0.3, 0.4) is 0 Å². The van der Waals surface area contributed by atoms with Gasteiger partial charge in [-0.05, 0) is 52.3 Å². The van der Waals surface area contributed by atoms with Crippen molar-refractivity contribution in [2.75, 3.05) is 26.3 Å². The van der Waals surface area contributed by atoms with Crippen molar-refractivity contribution in [2.45, 2.75) is 47.0 Å². The molecule has 0 unspecified atom stereocenters. The lowest BCUT2D eigenvalue weighted by Gasteiger charge is -2.11. The number of aromatic nitrogens is 2. The van der Waals surface area contributed by atoms with E-state index in [0.29, 0.717) is 6.61 Å². The second kappa shape index (κ2) is 8.99. The van der Waals surface area contributed by atoms with Crippen molar-refractivity contribution in [2.24, 2.45) is 0 Å². The maximum atomic E-state index is 5.35. The van der Waals surface area contributed by atoms with Gasteiger partial charge in [-0.2, -0.15) is 0 Å². The normalized spacial score (nSPS) is 10.9. The summed E-state index contributed by atoms with van der Waals surface area (Å²) in [6.45, 7) is 11.8. The number of nitrogens with zero attached hydrogens (tertiary/aromatic N) is 2. The Bertz CT molecular complexity index is 357. The van der Waals surface area contributed by atoms with Gasteiger partial charge in [0.2, 0.25) is 0 Å². The van der Waals surface area contributed by atoms with E-state index in [-0.39, 0.29) is 0 Å². The van der Waals surface area contributed by atoms with Crippen LogP contribution in [-0.4, -0.2) is 36.3 Å². The van der Waals surface area contributed by atoms with Crippen LogP contribution in [0, 0.1) is 13.8 Å². The van der Waals surface area contributed by atoms with Gasteiger partial charge in [-0.3, -0.25) is 0 Å². The van der Waals surface area contributed by atoms with Crippen LogP contribution in [0.25, 0.3) is 0 Å². The summed E-state index contributed by atoms with van der Waals surface area (Å²) in [7, 11) is 0. The van der Waals surface area contributed by atoms with Crippen LogP contribution in [0.4, 0.5) is 0 Å². The van der Waals surface area contributed by atoms with Gasteiger partial charge < -0.3 is 10.1 Å². The Kier molecular flexibility index (Phi) is 7.60. The second-order valence-corrected chi connectivity index (χ2v) is 4.69. The van der Waals surface area contributed by atoms with E-state index in [0.717, 1.165) is 56.2 Å². The SMILES string of the molecule is CCNCCCc1c(C)nc(CCOCC)nc1C. The topological polar surface area (TPSA) is 47.0 Å². The van der Waals surface area contributed by atoms with Crippen LogP contribution in [0.1, 0.15) is 43.0 Å². The first-order valence-electron chi connectivity index (χ1n) is 7.30. The summed E-state index contributed by atoms with van der Waals surface area (Å²) in [5, 5.41) is 3.35. The predicted molar refractivity (Wildman–Crippen MR) is 78.6 cm³/mol.